The standard InChI is InChI=1S/C17H15N3O2/c21-12-13-4-3-11-19-17(13)22-15-8-6-14(7-9-15)20-16-5-1-2-10-18-16/h1-11,21H,12H2,(H,18,20). The highest BCUT2D eigenvalue weighted by atomic mass is 16.5. The number of anilines is 2. The second kappa shape index (κ2) is 6.69. The van der Waals surface area contributed by atoms with Gasteiger partial charge < -0.3 is 15.2 Å². The summed E-state index contributed by atoms with van der Waals surface area (Å²) in [5.74, 6) is 1.85. The van der Waals surface area contributed by atoms with Crippen LogP contribution in [0.1, 0.15) is 5.56 Å². The van der Waals surface area contributed by atoms with E-state index >= 15 is 0 Å². The molecule has 5 nitrogen and oxygen atoms in total. The van der Waals surface area contributed by atoms with E-state index in [1.165, 1.54) is 0 Å². The molecule has 0 fully saturated rings. The van der Waals surface area contributed by atoms with Crippen molar-refractivity contribution in [3.63, 3.8) is 0 Å². The molecule has 1 aromatic carbocycles. The van der Waals surface area contributed by atoms with E-state index in [-0.39, 0.29) is 6.61 Å². The van der Waals surface area contributed by atoms with E-state index in [1.54, 1.807) is 24.5 Å². The molecule has 0 spiro atoms. The molecule has 2 heterocycles. The third-order valence-electron chi connectivity index (χ3n) is 3.03. The van der Waals surface area contributed by atoms with Crippen molar-refractivity contribution < 1.29 is 9.84 Å². The van der Waals surface area contributed by atoms with Crippen LogP contribution in [0.2, 0.25) is 0 Å². The maximum atomic E-state index is 9.27. The van der Waals surface area contributed by atoms with Crippen LogP contribution in [0.15, 0.2) is 67.0 Å². The highest BCUT2D eigenvalue weighted by molar-refractivity contribution is 5.57. The summed E-state index contributed by atoms with van der Waals surface area (Å²) in [6, 6.07) is 16.7. The Balaban J connectivity index is 1.72. The van der Waals surface area contributed by atoms with E-state index in [0.717, 1.165) is 11.5 Å². The van der Waals surface area contributed by atoms with Crippen LogP contribution in [0.5, 0.6) is 11.6 Å². The number of nitrogens with zero attached hydrogens (tertiary/aromatic N) is 2. The van der Waals surface area contributed by atoms with Crippen LogP contribution in [-0.4, -0.2) is 15.1 Å². The molecule has 0 saturated carbocycles. The number of benzene rings is 1. The topological polar surface area (TPSA) is 67.3 Å². The van der Waals surface area contributed by atoms with Gasteiger partial charge in [0.2, 0.25) is 5.88 Å². The fraction of sp³-hybridized carbons (Fsp3) is 0.0588. The molecule has 0 aliphatic rings. The second-order valence-electron chi connectivity index (χ2n) is 4.59. The molecule has 2 N–H and O–H groups in total. The number of rotatable bonds is 5. The predicted molar refractivity (Wildman–Crippen MR) is 84.2 cm³/mol. The van der Waals surface area contributed by atoms with Crippen molar-refractivity contribution in [3.8, 4) is 11.6 Å². The van der Waals surface area contributed by atoms with Gasteiger partial charge in [-0.25, -0.2) is 9.97 Å². The number of aliphatic hydroxyl groups excluding tert-OH is 1. The fourth-order valence-corrected chi connectivity index (χ4v) is 1.94. The van der Waals surface area contributed by atoms with E-state index in [4.69, 9.17) is 4.74 Å². The van der Waals surface area contributed by atoms with Crippen LogP contribution < -0.4 is 10.1 Å². The third-order valence-corrected chi connectivity index (χ3v) is 3.03. The Bertz CT molecular complexity index is 730. The van der Waals surface area contributed by atoms with E-state index in [1.807, 2.05) is 42.5 Å². The first-order chi connectivity index (χ1) is 10.8. The number of aliphatic hydroxyl groups is 1. The molecule has 5 heteroatoms. The summed E-state index contributed by atoms with van der Waals surface area (Å²) in [4.78, 5) is 8.33. The van der Waals surface area contributed by atoms with Gasteiger partial charge in [0.1, 0.15) is 11.6 Å². The average molecular weight is 293 g/mol. The molecule has 3 aromatic rings. The molecule has 0 radical (unpaired) electrons. The second-order valence-corrected chi connectivity index (χ2v) is 4.59. The lowest BCUT2D eigenvalue weighted by Crippen LogP contribution is -1.95. The Hall–Kier alpha value is -2.92. The third kappa shape index (κ3) is 3.39. The smallest absolute Gasteiger partial charge is 0.224 e. The maximum Gasteiger partial charge on any atom is 0.224 e. The lowest BCUT2D eigenvalue weighted by molar-refractivity contribution is 0.275. The lowest BCUT2D eigenvalue weighted by Gasteiger charge is -2.09. The van der Waals surface area contributed by atoms with Crippen molar-refractivity contribution in [1.82, 2.24) is 9.97 Å². The average Bonchev–Trinajstić information content (AvgIpc) is 2.58. The number of hydrogen-bond acceptors (Lipinski definition) is 5. The van der Waals surface area contributed by atoms with Gasteiger partial charge in [-0.05, 0) is 48.5 Å². The van der Waals surface area contributed by atoms with Crippen molar-refractivity contribution in [2.75, 3.05) is 5.32 Å². The Morgan fingerprint density at radius 1 is 0.909 bits per heavy atom. The summed E-state index contributed by atoms with van der Waals surface area (Å²) in [5, 5.41) is 12.5. The molecule has 0 amide bonds. The predicted octanol–water partition coefficient (Wildman–Crippen LogP) is 3.50. The monoisotopic (exact) mass is 293 g/mol. The van der Waals surface area contributed by atoms with Crippen LogP contribution >= 0.6 is 0 Å². The van der Waals surface area contributed by atoms with Crippen LogP contribution in [-0.2, 0) is 6.61 Å². The van der Waals surface area contributed by atoms with Crippen LogP contribution in [0, 0.1) is 0 Å². The fourth-order valence-electron chi connectivity index (χ4n) is 1.94. The number of aromatic nitrogens is 2. The van der Waals surface area contributed by atoms with Gasteiger partial charge in [-0.3, -0.25) is 0 Å². The van der Waals surface area contributed by atoms with Crippen LogP contribution in [0.25, 0.3) is 0 Å². The number of ether oxygens (including phenoxy) is 1. The Morgan fingerprint density at radius 3 is 2.45 bits per heavy atom. The van der Waals surface area contributed by atoms with Gasteiger partial charge in [0.25, 0.3) is 0 Å². The van der Waals surface area contributed by atoms with Gasteiger partial charge in [0.05, 0.1) is 6.61 Å². The van der Waals surface area contributed by atoms with Gasteiger partial charge in [-0.15, -0.1) is 0 Å². The van der Waals surface area contributed by atoms with E-state index in [2.05, 4.69) is 15.3 Å². The summed E-state index contributed by atoms with van der Waals surface area (Å²) < 4.78 is 5.69. The van der Waals surface area contributed by atoms with E-state index < -0.39 is 0 Å². The first-order valence-corrected chi connectivity index (χ1v) is 6.86. The molecule has 110 valence electrons. The van der Waals surface area contributed by atoms with E-state index in [0.29, 0.717) is 17.2 Å². The first kappa shape index (κ1) is 14.0. The first-order valence-electron chi connectivity index (χ1n) is 6.86. The van der Waals surface area contributed by atoms with Gasteiger partial charge in [-0.1, -0.05) is 6.07 Å². The molecule has 3 rings (SSSR count). The van der Waals surface area contributed by atoms with Crippen molar-refractivity contribution in [2.45, 2.75) is 6.61 Å². The van der Waals surface area contributed by atoms with Gasteiger partial charge in [0.15, 0.2) is 0 Å². The minimum Gasteiger partial charge on any atom is -0.439 e. The van der Waals surface area contributed by atoms with Gasteiger partial charge in [-0.2, -0.15) is 0 Å². The summed E-state index contributed by atoms with van der Waals surface area (Å²) in [7, 11) is 0. The molecule has 0 aliphatic heterocycles. The molecule has 0 saturated heterocycles. The Kier molecular flexibility index (Phi) is 4.27. The molecule has 2 aromatic heterocycles. The quantitative estimate of drug-likeness (QED) is 0.753. The Morgan fingerprint density at radius 2 is 1.73 bits per heavy atom. The highest BCUT2D eigenvalue weighted by Crippen LogP contribution is 2.25. The molecule has 0 aliphatic carbocycles. The van der Waals surface area contributed by atoms with Crippen molar-refractivity contribution in [2.24, 2.45) is 0 Å². The summed E-state index contributed by atoms with van der Waals surface area (Å²) in [6.07, 6.45) is 3.36. The number of pyridine rings is 2. The van der Waals surface area contributed by atoms with Crippen molar-refractivity contribution in [3.05, 3.63) is 72.6 Å². The number of nitrogens with one attached hydrogen (secondary N) is 1. The zero-order valence-electron chi connectivity index (χ0n) is 11.8. The largest absolute Gasteiger partial charge is 0.439 e. The molecule has 22 heavy (non-hydrogen) atoms. The zero-order chi connectivity index (χ0) is 15.2. The molecular formula is C17H15N3O2. The van der Waals surface area contributed by atoms with Crippen molar-refractivity contribution >= 4 is 11.5 Å². The summed E-state index contributed by atoms with van der Waals surface area (Å²) in [5.41, 5.74) is 1.56. The highest BCUT2D eigenvalue weighted by Gasteiger charge is 2.05. The minimum absolute atomic E-state index is 0.109. The SMILES string of the molecule is OCc1cccnc1Oc1ccc(Nc2ccccn2)cc1. The number of hydrogen-bond donors (Lipinski definition) is 2. The molecule has 0 unspecified atom stereocenters. The minimum atomic E-state index is -0.109. The maximum absolute atomic E-state index is 9.27. The zero-order valence-corrected chi connectivity index (χ0v) is 11.8. The van der Waals surface area contributed by atoms with E-state index in [9.17, 15) is 5.11 Å². The molecular weight excluding hydrogens is 278 g/mol. The molecule has 0 atom stereocenters. The van der Waals surface area contributed by atoms with Gasteiger partial charge in [0, 0.05) is 23.6 Å². The lowest BCUT2D eigenvalue weighted by atomic mass is 10.2. The normalized spacial score (nSPS) is 10.2. The van der Waals surface area contributed by atoms with Crippen LogP contribution in [0.4, 0.5) is 11.5 Å². The van der Waals surface area contributed by atoms with Crippen LogP contribution in [0.3, 0.4) is 0 Å². The Labute approximate surface area is 128 Å². The molecule has 0 bridgehead atoms. The summed E-state index contributed by atoms with van der Waals surface area (Å²) >= 11 is 0. The van der Waals surface area contributed by atoms with Crippen molar-refractivity contribution in [1.29, 1.82) is 0 Å². The summed E-state index contributed by atoms with van der Waals surface area (Å²) in [6.45, 7) is -0.109. The van der Waals surface area contributed by atoms with Gasteiger partial charge >= 0.3 is 0 Å².